The van der Waals surface area contributed by atoms with E-state index >= 15 is 0 Å². The third-order valence-corrected chi connectivity index (χ3v) is 3.42. The first-order valence-corrected chi connectivity index (χ1v) is 6.06. The third-order valence-electron chi connectivity index (χ3n) is 3.42. The number of amides is 3. The molecule has 4 rings (SSSR count). The SMILES string of the molecule is C1CN2CCN1CC2.CC1(C)NC(=O)NC1=O. The highest BCUT2D eigenvalue weighted by Gasteiger charge is 2.36. The van der Waals surface area contributed by atoms with Crippen LogP contribution in [-0.2, 0) is 4.79 Å². The molecule has 0 spiro atoms. The van der Waals surface area contributed by atoms with Gasteiger partial charge in [0.15, 0.2) is 0 Å². The van der Waals surface area contributed by atoms with Crippen molar-refractivity contribution in [3.05, 3.63) is 0 Å². The first-order chi connectivity index (χ1) is 7.97. The number of rotatable bonds is 0. The fourth-order valence-corrected chi connectivity index (χ4v) is 2.15. The van der Waals surface area contributed by atoms with E-state index in [4.69, 9.17) is 0 Å². The van der Waals surface area contributed by atoms with Gasteiger partial charge < -0.3 is 5.32 Å². The Hall–Kier alpha value is -1.14. The van der Waals surface area contributed by atoms with E-state index in [1.165, 1.54) is 39.3 Å². The van der Waals surface area contributed by atoms with E-state index in [9.17, 15) is 9.59 Å². The van der Waals surface area contributed by atoms with E-state index in [2.05, 4.69) is 20.4 Å². The van der Waals surface area contributed by atoms with Gasteiger partial charge in [-0.3, -0.25) is 19.9 Å². The number of hydrogen-bond donors (Lipinski definition) is 2. The Kier molecular flexibility index (Phi) is 3.35. The third kappa shape index (κ3) is 2.95. The van der Waals surface area contributed by atoms with Crippen molar-refractivity contribution >= 4 is 11.9 Å². The lowest BCUT2D eigenvalue weighted by Crippen LogP contribution is -2.55. The molecule has 0 atom stereocenters. The number of piperazine rings is 3. The first kappa shape index (κ1) is 12.3. The first-order valence-electron chi connectivity index (χ1n) is 6.06. The maximum atomic E-state index is 10.7. The molecule has 0 radical (unpaired) electrons. The van der Waals surface area contributed by atoms with Gasteiger partial charge in [0.1, 0.15) is 5.54 Å². The van der Waals surface area contributed by atoms with Crippen molar-refractivity contribution in [1.82, 2.24) is 20.4 Å². The Bertz CT molecular complexity index is 298. The summed E-state index contributed by atoms with van der Waals surface area (Å²) in [7, 11) is 0. The molecule has 6 nitrogen and oxygen atoms in total. The minimum absolute atomic E-state index is 0.271. The standard InChI is InChI=1S/C6H12N2.C5H8N2O2/c1-2-8-5-3-7(1)4-6-8;1-5(2)3(8)6-4(9)7-5/h1-6H2;1-2H3,(H2,6,7,8,9). The highest BCUT2D eigenvalue weighted by Crippen LogP contribution is 2.07. The molecule has 6 heteroatoms. The molecular formula is C11H20N4O2. The molecule has 2 N–H and O–H groups in total. The Morgan fingerprint density at radius 3 is 1.47 bits per heavy atom. The van der Waals surface area contributed by atoms with Crippen LogP contribution in [0.25, 0.3) is 0 Å². The highest BCUT2D eigenvalue weighted by molar-refractivity contribution is 6.06. The molecule has 0 aromatic heterocycles. The lowest BCUT2D eigenvalue weighted by atomic mass is 10.1. The topological polar surface area (TPSA) is 64.7 Å². The van der Waals surface area contributed by atoms with Crippen LogP contribution in [0.1, 0.15) is 13.8 Å². The van der Waals surface area contributed by atoms with Gasteiger partial charge in [0.2, 0.25) is 0 Å². The van der Waals surface area contributed by atoms with Crippen LogP contribution in [0.5, 0.6) is 0 Å². The summed E-state index contributed by atoms with van der Waals surface area (Å²) in [5, 5.41) is 4.56. The second-order valence-electron chi connectivity index (χ2n) is 5.22. The molecule has 0 unspecified atom stereocenters. The van der Waals surface area contributed by atoms with Gasteiger partial charge in [-0.25, -0.2) is 4.79 Å². The summed E-state index contributed by atoms with van der Waals surface area (Å²) in [6, 6.07) is -0.412. The highest BCUT2D eigenvalue weighted by atomic mass is 16.2. The maximum Gasteiger partial charge on any atom is 0.322 e. The molecule has 0 aromatic rings. The Labute approximate surface area is 101 Å². The van der Waals surface area contributed by atoms with Crippen LogP contribution >= 0.6 is 0 Å². The molecule has 4 saturated heterocycles. The van der Waals surface area contributed by atoms with E-state index in [0.29, 0.717) is 0 Å². The lowest BCUT2D eigenvalue weighted by molar-refractivity contribution is -0.122. The fraction of sp³-hybridized carbons (Fsp3) is 0.818. The quantitative estimate of drug-likeness (QED) is 0.545. The van der Waals surface area contributed by atoms with Gasteiger partial charge in [-0.2, -0.15) is 0 Å². The molecule has 4 aliphatic rings. The lowest BCUT2D eigenvalue weighted by Gasteiger charge is -2.41. The zero-order chi connectivity index (χ0) is 12.5. The van der Waals surface area contributed by atoms with Crippen molar-refractivity contribution in [2.24, 2.45) is 0 Å². The Morgan fingerprint density at radius 2 is 1.35 bits per heavy atom. The number of hydrogen-bond acceptors (Lipinski definition) is 4. The van der Waals surface area contributed by atoms with Gasteiger partial charge in [-0.15, -0.1) is 0 Å². The second kappa shape index (κ2) is 4.62. The summed E-state index contributed by atoms with van der Waals surface area (Å²) in [6.07, 6.45) is 0. The molecule has 4 aliphatic heterocycles. The van der Waals surface area contributed by atoms with Crippen LogP contribution in [-0.4, -0.2) is 66.5 Å². The molecule has 0 aliphatic carbocycles. The average Bonchev–Trinajstić information content (AvgIpc) is 2.54. The summed E-state index contributed by atoms with van der Waals surface area (Å²) < 4.78 is 0. The summed E-state index contributed by atoms with van der Waals surface area (Å²) in [4.78, 5) is 26.2. The Morgan fingerprint density at radius 1 is 0.941 bits per heavy atom. The van der Waals surface area contributed by atoms with Crippen LogP contribution in [0.3, 0.4) is 0 Å². The minimum atomic E-state index is -0.725. The van der Waals surface area contributed by atoms with Gasteiger partial charge in [-0.05, 0) is 13.8 Å². The normalized spacial score (nSPS) is 33.5. The summed E-state index contributed by atoms with van der Waals surface area (Å²) >= 11 is 0. The predicted molar refractivity (Wildman–Crippen MR) is 63.6 cm³/mol. The molecular weight excluding hydrogens is 220 g/mol. The van der Waals surface area contributed by atoms with Crippen molar-refractivity contribution in [2.75, 3.05) is 39.3 Å². The second-order valence-corrected chi connectivity index (χ2v) is 5.22. The van der Waals surface area contributed by atoms with Crippen molar-refractivity contribution in [3.63, 3.8) is 0 Å². The van der Waals surface area contributed by atoms with Gasteiger partial charge in [0, 0.05) is 39.3 Å². The maximum absolute atomic E-state index is 10.7. The van der Waals surface area contributed by atoms with Crippen molar-refractivity contribution in [2.45, 2.75) is 19.4 Å². The van der Waals surface area contributed by atoms with E-state index in [0.717, 1.165) is 0 Å². The largest absolute Gasteiger partial charge is 0.324 e. The zero-order valence-electron chi connectivity index (χ0n) is 10.5. The number of nitrogens with zero attached hydrogens (tertiary/aromatic N) is 2. The van der Waals surface area contributed by atoms with Crippen molar-refractivity contribution in [3.8, 4) is 0 Å². The molecule has 0 aromatic carbocycles. The fourth-order valence-electron chi connectivity index (χ4n) is 2.15. The van der Waals surface area contributed by atoms with E-state index < -0.39 is 11.6 Å². The van der Waals surface area contributed by atoms with Gasteiger partial charge in [-0.1, -0.05) is 0 Å². The van der Waals surface area contributed by atoms with E-state index in [1.54, 1.807) is 13.8 Å². The van der Waals surface area contributed by atoms with Crippen molar-refractivity contribution < 1.29 is 9.59 Å². The minimum Gasteiger partial charge on any atom is -0.324 e. The molecule has 0 saturated carbocycles. The summed E-state index contributed by atoms with van der Waals surface area (Å²) in [5.41, 5.74) is -0.725. The van der Waals surface area contributed by atoms with E-state index in [1.807, 2.05) is 0 Å². The predicted octanol–water partition coefficient (Wildman–Crippen LogP) is -0.778. The van der Waals surface area contributed by atoms with Crippen LogP contribution in [0, 0.1) is 0 Å². The van der Waals surface area contributed by atoms with Crippen LogP contribution < -0.4 is 10.6 Å². The van der Waals surface area contributed by atoms with Gasteiger partial charge in [0.05, 0.1) is 0 Å². The molecule has 17 heavy (non-hydrogen) atoms. The number of urea groups is 1. The monoisotopic (exact) mass is 240 g/mol. The van der Waals surface area contributed by atoms with Crippen LogP contribution in [0.15, 0.2) is 0 Å². The van der Waals surface area contributed by atoms with Crippen LogP contribution in [0.4, 0.5) is 4.79 Å². The molecule has 3 amide bonds. The summed E-state index contributed by atoms with van der Waals surface area (Å²) in [5.74, 6) is -0.271. The van der Waals surface area contributed by atoms with Gasteiger partial charge in [0.25, 0.3) is 5.91 Å². The van der Waals surface area contributed by atoms with E-state index in [-0.39, 0.29) is 5.91 Å². The average molecular weight is 240 g/mol. The molecule has 4 fully saturated rings. The van der Waals surface area contributed by atoms with Crippen molar-refractivity contribution in [1.29, 1.82) is 0 Å². The number of carbonyl (C=O) groups excluding carboxylic acids is 2. The molecule has 2 bridgehead atoms. The molecule has 4 heterocycles. The Balaban J connectivity index is 0.000000127. The smallest absolute Gasteiger partial charge is 0.322 e. The zero-order valence-corrected chi connectivity index (χ0v) is 10.5. The number of imide groups is 1. The van der Waals surface area contributed by atoms with Gasteiger partial charge >= 0.3 is 6.03 Å². The number of carbonyl (C=O) groups is 2. The summed E-state index contributed by atoms with van der Waals surface area (Å²) in [6.45, 7) is 11.2. The number of nitrogens with one attached hydrogen (secondary N) is 2. The molecule has 96 valence electrons. The number of fused-ring (bicyclic) bond motifs is 3. The van der Waals surface area contributed by atoms with Crippen LogP contribution in [0.2, 0.25) is 0 Å².